The van der Waals surface area contributed by atoms with E-state index in [0.717, 1.165) is 65.9 Å². The first-order valence-electron chi connectivity index (χ1n) is 17.9. The summed E-state index contributed by atoms with van der Waals surface area (Å²) in [6.07, 6.45) is 0. The number of benzene rings is 9. The summed E-state index contributed by atoms with van der Waals surface area (Å²) in [4.78, 5) is 15.4. The van der Waals surface area contributed by atoms with Crippen molar-refractivity contribution in [2.24, 2.45) is 0 Å². The Morgan fingerprint density at radius 1 is 0.321 bits per heavy atom. The molecule has 0 radical (unpaired) electrons. The Morgan fingerprint density at radius 2 is 0.906 bits per heavy atom. The van der Waals surface area contributed by atoms with Gasteiger partial charge < -0.3 is 4.42 Å². The van der Waals surface area contributed by atoms with Gasteiger partial charge in [-0.05, 0) is 67.0 Å². The monoisotopic (exact) mass is 675 g/mol. The van der Waals surface area contributed by atoms with Gasteiger partial charge in [0.15, 0.2) is 17.5 Å². The zero-order chi connectivity index (χ0) is 34.9. The highest BCUT2D eigenvalue weighted by Crippen LogP contribution is 2.43. The van der Waals surface area contributed by atoms with E-state index in [1.54, 1.807) is 0 Å². The van der Waals surface area contributed by atoms with Gasteiger partial charge in [-0.2, -0.15) is 0 Å². The molecule has 4 nitrogen and oxygen atoms in total. The average Bonchev–Trinajstić information content (AvgIpc) is 3.62. The van der Waals surface area contributed by atoms with Crippen LogP contribution in [0.5, 0.6) is 0 Å². The predicted octanol–water partition coefficient (Wildman–Crippen LogP) is 13.1. The number of rotatable bonds is 4. The SMILES string of the molecule is c1ccc(-c2nc(-c3ccccc3)nc(-c3c(-c4ccc5c(ccc6ccc7ccc8oc9ccccc9c8c7c65)c4)ccc4ccccc34)n2)cc1. The molecule has 2 aromatic heterocycles. The minimum absolute atomic E-state index is 0.642. The first-order chi connectivity index (χ1) is 26.3. The summed E-state index contributed by atoms with van der Waals surface area (Å²) in [5, 5.41) is 11.7. The first-order valence-corrected chi connectivity index (χ1v) is 17.9. The molecule has 11 aromatic rings. The lowest BCUT2D eigenvalue weighted by molar-refractivity contribution is 0.669. The number of fused-ring (bicyclic) bond motifs is 10. The van der Waals surface area contributed by atoms with Crippen LogP contribution in [0.15, 0.2) is 180 Å². The van der Waals surface area contributed by atoms with Crippen LogP contribution in [0.3, 0.4) is 0 Å². The Hall–Kier alpha value is -7.17. The minimum Gasteiger partial charge on any atom is -0.456 e. The van der Waals surface area contributed by atoms with Crippen molar-refractivity contribution < 1.29 is 4.42 Å². The predicted molar refractivity (Wildman–Crippen MR) is 219 cm³/mol. The molecule has 0 amide bonds. The molecule has 0 aliphatic heterocycles. The zero-order valence-electron chi connectivity index (χ0n) is 28.5. The lowest BCUT2D eigenvalue weighted by atomic mass is 9.90. The van der Waals surface area contributed by atoms with Gasteiger partial charge in [0, 0.05) is 32.8 Å². The number of nitrogens with zero attached hydrogens (tertiary/aromatic N) is 3. The van der Waals surface area contributed by atoms with Crippen LogP contribution in [0.1, 0.15) is 0 Å². The molecule has 0 N–H and O–H groups in total. The fourth-order valence-electron chi connectivity index (χ4n) is 8.03. The van der Waals surface area contributed by atoms with Crippen molar-refractivity contribution in [1.82, 2.24) is 15.0 Å². The van der Waals surface area contributed by atoms with Crippen LogP contribution in [0.4, 0.5) is 0 Å². The van der Waals surface area contributed by atoms with Crippen LogP contribution in [0.2, 0.25) is 0 Å². The maximum Gasteiger partial charge on any atom is 0.165 e. The third kappa shape index (κ3) is 4.73. The van der Waals surface area contributed by atoms with Gasteiger partial charge in [0.2, 0.25) is 0 Å². The molecule has 4 heteroatoms. The Balaban J connectivity index is 1.18. The van der Waals surface area contributed by atoms with Crippen molar-refractivity contribution in [2.75, 3.05) is 0 Å². The van der Waals surface area contributed by atoms with E-state index in [4.69, 9.17) is 19.4 Å². The second kappa shape index (κ2) is 11.7. The lowest BCUT2D eigenvalue weighted by Gasteiger charge is -2.16. The third-order valence-corrected chi connectivity index (χ3v) is 10.5. The van der Waals surface area contributed by atoms with Crippen LogP contribution < -0.4 is 0 Å². The van der Waals surface area contributed by atoms with Crippen molar-refractivity contribution in [3.8, 4) is 45.3 Å². The lowest BCUT2D eigenvalue weighted by Crippen LogP contribution is -2.01. The molecule has 0 aliphatic rings. The van der Waals surface area contributed by atoms with Gasteiger partial charge in [-0.15, -0.1) is 0 Å². The zero-order valence-corrected chi connectivity index (χ0v) is 28.5. The number of para-hydroxylation sites is 1. The van der Waals surface area contributed by atoms with E-state index >= 15 is 0 Å². The molecule has 0 spiro atoms. The Morgan fingerprint density at radius 3 is 1.66 bits per heavy atom. The number of hydrogen-bond acceptors (Lipinski definition) is 4. The summed E-state index contributed by atoms with van der Waals surface area (Å²) in [5.41, 5.74) is 6.84. The highest BCUT2D eigenvalue weighted by molar-refractivity contribution is 6.31. The van der Waals surface area contributed by atoms with Crippen LogP contribution in [-0.2, 0) is 0 Å². The Kier molecular flexibility index (Phi) is 6.52. The number of hydrogen-bond donors (Lipinski definition) is 0. The molecule has 0 bridgehead atoms. The second-order valence-corrected chi connectivity index (χ2v) is 13.5. The highest BCUT2D eigenvalue weighted by Gasteiger charge is 2.20. The van der Waals surface area contributed by atoms with E-state index in [1.165, 1.54) is 26.9 Å². The molecule has 11 rings (SSSR count). The minimum atomic E-state index is 0.642. The molecule has 246 valence electrons. The summed E-state index contributed by atoms with van der Waals surface area (Å²) < 4.78 is 6.35. The molecular formula is C49H29N3O. The van der Waals surface area contributed by atoms with Gasteiger partial charge in [-0.3, -0.25) is 0 Å². The van der Waals surface area contributed by atoms with Crippen molar-refractivity contribution in [2.45, 2.75) is 0 Å². The van der Waals surface area contributed by atoms with Gasteiger partial charge in [0.05, 0.1) is 0 Å². The quantitative estimate of drug-likeness (QED) is 0.174. The van der Waals surface area contributed by atoms with Crippen molar-refractivity contribution in [3.05, 3.63) is 176 Å². The Bertz CT molecular complexity index is 3160. The van der Waals surface area contributed by atoms with Crippen LogP contribution in [-0.4, -0.2) is 15.0 Å². The molecular weight excluding hydrogens is 647 g/mol. The van der Waals surface area contributed by atoms with E-state index < -0.39 is 0 Å². The summed E-state index contributed by atoms with van der Waals surface area (Å²) in [6.45, 7) is 0. The largest absolute Gasteiger partial charge is 0.456 e. The molecule has 0 saturated heterocycles. The summed E-state index contributed by atoms with van der Waals surface area (Å²) in [5.74, 6) is 1.93. The second-order valence-electron chi connectivity index (χ2n) is 13.5. The molecule has 53 heavy (non-hydrogen) atoms. The molecule has 0 fully saturated rings. The fraction of sp³-hybridized carbons (Fsp3) is 0. The molecule has 0 atom stereocenters. The molecule has 2 heterocycles. The van der Waals surface area contributed by atoms with Gasteiger partial charge >= 0.3 is 0 Å². The van der Waals surface area contributed by atoms with Crippen molar-refractivity contribution >= 4 is 65.0 Å². The molecule has 9 aromatic carbocycles. The summed E-state index contributed by atoms with van der Waals surface area (Å²) >= 11 is 0. The van der Waals surface area contributed by atoms with E-state index in [-0.39, 0.29) is 0 Å². The van der Waals surface area contributed by atoms with Crippen molar-refractivity contribution in [1.29, 1.82) is 0 Å². The summed E-state index contributed by atoms with van der Waals surface area (Å²) in [6, 6.07) is 61.6. The van der Waals surface area contributed by atoms with Gasteiger partial charge in [0.25, 0.3) is 0 Å². The van der Waals surface area contributed by atoms with Crippen LogP contribution >= 0.6 is 0 Å². The van der Waals surface area contributed by atoms with E-state index in [9.17, 15) is 0 Å². The van der Waals surface area contributed by atoms with Gasteiger partial charge in [0.1, 0.15) is 11.2 Å². The van der Waals surface area contributed by atoms with Crippen LogP contribution in [0, 0.1) is 0 Å². The topological polar surface area (TPSA) is 51.8 Å². The summed E-state index contributed by atoms with van der Waals surface area (Å²) in [7, 11) is 0. The number of aromatic nitrogens is 3. The van der Waals surface area contributed by atoms with Crippen LogP contribution in [0.25, 0.3) is 110 Å². The van der Waals surface area contributed by atoms with E-state index in [2.05, 4.69) is 133 Å². The normalized spacial score (nSPS) is 11.8. The molecule has 0 unspecified atom stereocenters. The molecule has 0 aliphatic carbocycles. The Labute approximate surface area is 304 Å². The average molecular weight is 676 g/mol. The maximum absolute atomic E-state index is 6.35. The smallest absolute Gasteiger partial charge is 0.165 e. The van der Waals surface area contributed by atoms with E-state index in [0.29, 0.717) is 17.5 Å². The maximum atomic E-state index is 6.35. The first kappa shape index (κ1) is 29.5. The number of furan rings is 1. The standard InChI is InChI=1S/C49H29N3O/c1-3-12-33(13-4-1)47-50-48(34-14-5-2-6-15-34)52-49(51-47)45-37-16-8-7-11-30(37)23-26-39(45)36-24-27-38-35(29-36)22-21-31-19-20-32-25-28-42-46(44(32)43(31)38)40-17-9-10-18-41(40)53-42/h1-29H. The van der Waals surface area contributed by atoms with Crippen molar-refractivity contribution in [3.63, 3.8) is 0 Å². The fourth-order valence-corrected chi connectivity index (χ4v) is 8.03. The van der Waals surface area contributed by atoms with Gasteiger partial charge in [-0.1, -0.05) is 158 Å². The highest BCUT2D eigenvalue weighted by atomic mass is 16.3. The van der Waals surface area contributed by atoms with E-state index in [1.807, 2.05) is 42.5 Å². The molecule has 0 saturated carbocycles. The third-order valence-electron chi connectivity index (χ3n) is 10.5. The van der Waals surface area contributed by atoms with Gasteiger partial charge in [-0.25, -0.2) is 15.0 Å².